The summed E-state index contributed by atoms with van der Waals surface area (Å²) in [6.45, 7) is 0. The van der Waals surface area contributed by atoms with Crippen LogP contribution in [0.15, 0.2) is 42.5 Å². The standard InChI is InChI=1S/C20H21NO3/c22-19(23)11-8-14-4-3-7-18(12-14)21-20(24)17-10-9-15-5-1-2-6-16(15)13-17/h3-4,7,9-10,12-13H,1-2,5-6,8,11H2,(H,21,24)(H,22,23). The average molecular weight is 323 g/mol. The molecule has 0 saturated carbocycles. The van der Waals surface area contributed by atoms with E-state index in [0.29, 0.717) is 17.7 Å². The molecule has 0 fully saturated rings. The Balaban J connectivity index is 1.70. The molecule has 2 aromatic carbocycles. The van der Waals surface area contributed by atoms with Gasteiger partial charge >= 0.3 is 5.97 Å². The molecule has 1 aliphatic carbocycles. The highest BCUT2D eigenvalue weighted by molar-refractivity contribution is 6.04. The molecular formula is C20H21NO3. The number of amides is 1. The zero-order valence-corrected chi connectivity index (χ0v) is 13.5. The lowest BCUT2D eigenvalue weighted by molar-refractivity contribution is -0.136. The quantitative estimate of drug-likeness (QED) is 0.878. The Morgan fingerprint density at radius 2 is 1.79 bits per heavy atom. The summed E-state index contributed by atoms with van der Waals surface area (Å²) in [6, 6.07) is 13.3. The number of carboxylic acid groups (broad SMARTS) is 1. The fourth-order valence-corrected chi connectivity index (χ4v) is 3.13. The van der Waals surface area contributed by atoms with Crippen LogP contribution in [0.4, 0.5) is 5.69 Å². The Labute approximate surface area is 141 Å². The lowest BCUT2D eigenvalue weighted by Gasteiger charge is -2.16. The molecule has 4 heteroatoms. The molecule has 0 atom stereocenters. The van der Waals surface area contributed by atoms with Gasteiger partial charge < -0.3 is 10.4 Å². The van der Waals surface area contributed by atoms with Crippen LogP contribution in [-0.2, 0) is 24.1 Å². The first-order valence-electron chi connectivity index (χ1n) is 8.36. The predicted molar refractivity (Wildman–Crippen MR) is 93.4 cm³/mol. The van der Waals surface area contributed by atoms with Crippen molar-refractivity contribution in [2.45, 2.75) is 38.5 Å². The Kier molecular flexibility index (Phi) is 4.94. The molecule has 0 aliphatic heterocycles. The van der Waals surface area contributed by atoms with Crippen LogP contribution in [0.2, 0.25) is 0 Å². The van der Waals surface area contributed by atoms with E-state index >= 15 is 0 Å². The number of aliphatic carboxylic acids is 1. The highest BCUT2D eigenvalue weighted by Crippen LogP contribution is 2.23. The van der Waals surface area contributed by atoms with E-state index < -0.39 is 5.97 Å². The second kappa shape index (κ2) is 7.30. The van der Waals surface area contributed by atoms with E-state index in [4.69, 9.17) is 5.11 Å². The molecule has 1 amide bonds. The molecule has 124 valence electrons. The first-order valence-corrected chi connectivity index (χ1v) is 8.36. The van der Waals surface area contributed by atoms with Gasteiger partial charge in [0.25, 0.3) is 5.91 Å². The second-order valence-corrected chi connectivity index (χ2v) is 6.24. The zero-order valence-electron chi connectivity index (χ0n) is 13.5. The number of benzene rings is 2. The predicted octanol–water partition coefficient (Wildman–Crippen LogP) is 3.83. The van der Waals surface area contributed by atoms with Crippen molar-refractivity contribution in [2.75, 3.05) is 5.32 Å². The molecule has 0 spiro atoms. The van der Waals surface area contributed by atoms with Crippen molar-refractivity contribution in [3.05, 3.63) is 64.7 Å². The van der Waals surface area contributed by atoms with Crippen LogP contribution < -0.4 is 5.32 Å². The van der Waals surface area contributed by atoms with Gasteiger partial charge in [-0.3, -0.25) is 9.59 Å². The molecule has 4 nitrogen and oxygen atoms in total. The third kappa shape index (κ3) is 4.02. The maximum absolute atomic E-state index is 12.5. The summed E-state index contributed by atoms with van der Waals surface area (Å²) in [5.41, 5.74) is 4.91. The fraction of sp³-hybridized carbons (Fsp3) is 0.300. The van der Waals surface area contributed by atoms with Crippen LogP contribution >= 0.6 is 0 Å². The molecule has 24 heavy (non-hydrogen) atoms. The zero-order chi connectivity index (χ0) is 16.9. The summed E-state index contributed by atoms with van der Waals surface area (Å²) in [4.78, 5) is 23.1. The minimum atomic E-state index is -0.821. The van der Waals surface area contributed by atoms with Gasteiger partial charge in [-0.25, -0.2) is 0 Å². The summed E-state index contributed by atoms with van der Waals surface area (Å²) >= 11 is 0. The third-order valence-electron chi connectivity index (χ3n) is 4.42. The Morgan fingerprint density at radius 1 is 1.00 bits per heavy atom. The maximum atomic E-state index is 12.5. The Morgan fingerprint density at radius 3 is 2.58 bits per heavy atom. The van der Waals surface area contributed by atoms with Crippen LogP contribution in [0.5, 0.6) is 0 Å². The highest BCUT2D eigenvalue weighted by atomic mass is 16.4. The molecule has 1 aliphatic rings. The Bertz CT molecular complexity index is 767. The molecule has 0 bridgehead atoms. The number of carboxylic acids is 1. The van der Waals surface area contributed by atoms with E-state index in [1.165, 1.54) is 24.0 Å². The van der Waals surface area contributed by atoms with E-state index in [0.717, 1.165) is 18.4 Å². The molecule has 0 unspecified atom stereocenters. The van der Waals surface area contributed by atoms with Gasteiger partial charge in [0, 0.05) is 17.7 Å². The number of nitrogens with one attached hydrogen (secondary N) is 1. The first kappa shape index (κ1) is 16.2. The number of aryl methyl sites for hydroxylation is 3. The number of rotatable bonds is 5. The van der Waals surface area contributed by atoms with Gasteiger partial charge in [0.2, 0.25) is 0 Å². The van der Waals surface area contributed by atoms with Crippen molar-refractivity contribution in [1.29, 1.82) is 0 Å². The molecule has 0 aromatic heterocycles. The van der Waals surface area contributed by atoms with E-state index in [-0.39, 0.29) is 12.3 Å². The lowest BCUT2D eigenvalue weighted by atomic mass is 9.90. The number of anilines is 1. The topological polar surface area (TPSA) is 66.4 Å². The molecule has 2 N–H and O–H groups in total. The van der Waals surface area contributed by atoms with Crippen LogP contribution in [0.1, 0.15) is 46.3 Å². The number of fused-ring (bicyclic) bond motifs is 1. The van der Waals surface area contributed by atoms with Gasteiger partial charge in [0.05, 0.1) is 0 Å². The summed E-state index contributed by atoms with van der Waals surface area (Å²) in [5, 5.41) is 11.7. The second-order valence-electron chi connectivity index (χ2n) is 6.24. The molecule has 3 rings (SSSR count). The smallest absolute Gasteiger partial charge is 0.303 e. The average Bonchev–Trinajstić information content (AvgIpc) is 2.60. The van der Waals surface area contributed by atoms with Crippen molar-refractivity contribution < 1.29 is 14.7 Å². The highest BCUT2D eigenvalue weighted by Gasteiger charge is 2.13. The van der Waals surface area contributed by atoms with Gasteiger partial charge in [-0.15, -0.1) is 0 Å². The van der Waals surface area contributed by atoms with Gasteiger partial charge in [-0.2, -0.15) is 0 Å². The summed E-state index contributed by atoms with van der Waals surface area (Å²) in [6.07, 6.45) is 5.09. The fourth-order valence-electron chi connectivity index (χ4n) is 3.13. The van der Waals surface area contributed by atoms with Crippen LogP contribution in [-0.4, -0.2) is 17.0 Å². The van der Waals surface area contributed by atoms with Crippen molar-refractivity contribution in [3.63, 3.8) is 0 Å². The molecule has 0 radical (unpaired) electrons. The third-order valence-corrected chi connectivity index (χ3v) is 4.42. The number of hydrogen-bond donors (Lipinski definition) is 2. The SMILES string of the molecule is O=C(O)CCc1cccc(NC(=O)c2ccc3c(c2)CCCC3)c1. The number of carbonyl (C=O) groups is 2. The van der Waals surface area contributed by atoms with Crippen molar-refractivity contribution in [3.8, 4) is 0 Å². The monoisotopic (exact) mass is 323 g/mol. The van der Waals surface area contributed by atoms with E-state index in [9.17, 15) is 9.59 Å². The van der Waals surface area contributed by atoms with Crippen molar-refractivity contribution in [1.82, 2.24) is 0 Å². The molecule has 0 saturated heterocycles. The summed E-state index contributed by atoms with van der Waals surface area (Å²) in [5.74, 6) is -0.947. The molecule has 0 heterocycles. The summed E-state index contributed by atoms with van der Waals surface area (Å²) < 4.78 is 0. The lowest BCUT2D eigenvalue weighted by Crippen LogP contribution is -2.13. The van der Waals surface area contributed by atoms with Gasteiger partial charge in [-0.1, -0.05) is 18.2 Å². The normalized spacial score (nSPS) is 13.2. The number of hydrogen-bond acceptors (Lipinski definition) is 2. The Hall–Kier alpha value is -2.62. The van der Waals surface area contributed by atoms with E-state index in [2.05, 4.69) is 11.4 Å². The van der Waals surface area contributed by atoms with Gasteiger partial charge in [-0.05, 0) is 73.1 Å². The van der Waals surface area contributed by atoms with E-state index in [1.807, 2.05) is 36.4 Å². The van der Waals surface area contributed by atoms with Gasteiger partial charge in [0.1, 0.15) is 0 Å². The van der Waals surface area contributed by atoms with Crippen LogP contribution in [0, 0.1) is 0 Å². The number of carbonyl (C=O) groups excluding carboxylic acids is 1. The van der Waals surface area contributed by atoms with Crippen LogP contribution in [0.3, 0.4) is 0 Å². The van der Waals surface area contributed by atoms with Crippen LogP contribution in [0.25, 0.3) is 0 Å². The first-order chi connectivity index (χ1) is 11.6. The van der Waals surface area contributed by atoms with E-state index in [1.54, 1.807) is 0 Å². The minimum absolute atomic E-state index is 0.0855. The molecule has 2 aromatic rings. The summed E-state index contributed by atoms with van der Waals surface area (Å²) in [7, 11) is 0. The van der Waals surface area contributed by atoms with Gasteiger partial charge in [0.15, 0.2) is 0 Å². The minimum Gasteiger partial charge on any atom is -0.481 e. The largest absolute Gasteiger partial charge is 0.481 e. The maximum Gasteiger partial charge on any atom is 0.303 e. The molecular weight excluding hydrogens is 302 g/mol. The van der Waals surface area contributed by atoms with Crippen molar-refractivity contribution >= 4 is 17.6 Å². The van der Waals surface area contributed by atoms with Crippen molar-refractivity contribution in [2.24, 2.45) is 0 Å².